The number of hydrogen-bond donors (Lipinski definition) is 1. The van der Waals surface area contributed by atoms with Crippen molar-refractivity contribution in [3.8, 4) is 11.1 Å². The van der Waals surface area contributed by atoms with Crippen LogP contribution in [0.15, 0.2) is 85.3 Å². The van der Waals surface area contributed by atoms with Crippen molar-refractivity contribution >= 4 is 28.2 Å². The molecule has 1 atom stereocenters. The number of imidazole rings is 1. The molecule has 3 aromatic carbocycles. The van der Waals surface area contributed by atoms with E-state index in [9.17, 15) is 5.11 Å². The van der Waals surface area contributed by atoms with Crippen LogP contribution in [-0.4, -0.2) is 34.7 Å². The zero-order valence-corrected chi connectivity index (χ0v) is 19.8. The molecule has 172 valence electrons. The number of aliphatic hydroxyl groups is 1. The molecule has 1 unspecified atom stereocenters. The van der Waals surface area contributed by atoms with Crippen molar-refractivity contribution < 1.29 is 5.11 Å². The predicted molar refractivity (Wildman–Crippen MR) is 135 cm³/mol. The number of benzene rings is 3. The van der Waals surface area contributed by atoms with Gasteiger partial charge in [0.15, 0.2) is 11.2 Å². The summed E-state index contributed by atoms with van der Waals surface area (Å²) < 4.78 is 3.54. The van der Waals surface area contributed by atoms with Crippen molar-refractivity contribution in [1.29, 1.82) is 0 Å². The monoisotopic (exact) mass is 480 g/mol. The SMILES string of the molecule is Cc1cccc(-c2cc3nnnn3c3ccc(C(O)(c4ccc(Cl)cc4)c4cncn4C)cc23)c1. The highest BCUT2D eigenvalue weighted by Crippen LogP contribution is 2.40. The summed E-state index contributed by atoms with van der Waals surface area (Å²) in [6, 6.07) is 23.4. The lowest BCUT2D eigenvalue weighted by molar-refractivity contribution is 0.117. The van der Waals surface area contributed by atoms with Gasteiger partial charge in [0.05, 0.1) is 23.7 Å². The maximum Gasteiger partial charge on any atom is 0.180 e. The van der Waals surface area contributed by atoms with E-state index in [1.165, 1.54) is 0 Å². The molecule has 0 spiro atoms. The van der Waals surface area contributed by atoms with Gasteiger partial charge in [-0.3, -0.25) is 0 Å². The van der Waals surface area contributed by atoms with Crippen LogP contribution >= 0.6 is 11.6 Å². The third kappa shape index (κ3) is 3.39. The molecule has 3 heterocycles. The lowest BCUT2D eigenvalue weighted by atomic mass is 9.82. The lowest BCUT2D eigenvalue weighted by Crippen LogP contribution is -2.31. The Morgan fingerprint density at radius 3 is 2.49 bits per heavy atom. The molecule has 7 nitrogen and oxygen atoms in total. The van der Waals surface area contributed by atoms with E-state index in [0.29, 0.717) is 27.5 Å². The Morgan fingerprint density at radius 1 is 0.943 bits per heavy atom. The second kappa shape index (κ2) is 8.01. The van der Waals surface area contributed by atoms with Gasteiger partial charge in [0.1, 0.15) is 0 Å². The molecule has 8 heteroatoms. The molecular formula is C27H21ClN6O. The number of hydrogen-bond acceptors (Lipinski definition) is 5. The van der Waals surface area contributed by atoms with Crippen LogP contribution in [0.1, 0.15) is 22.4 Å². The minimum atomic E-state index is -1.47. The standard InChI is InChI=1S/C27H21ClN6O/c1-17-4-3-5-18(12-17)22-14-26-30-31-32-34(26)24-11-8-20(13-23(22)24)27(35,25-15-29-16-33(25)2)19-6-9-21(28)10-7-19/h3-16,35H,1-2H3. The van der Waals surface area contributed by atoms with Crippen LogP contribution in [0.5, 0.6) is 0 Å². The van der Waals surface area contributed by atoms with Crippen LogP contribution in [0.3, 0.4) is 0 Å². The molecule has 1 N–H and O–H groups in total. The van der Waals surface area contributed by atoms with E-state index >= 15 is 0 Å². The topological polar surface area (TPSA) is 81.1 Å². The van der Waals surface area contributed by atoms with Crippen LogP contribution in [0.2, 0.25) is 5.02 Å². The van der Waals surface area contributed by atoms with E-state index in [2.05, 4.69) is 45.6 Å². The third-order valence-electron chi connectivity index (χ3n) is 6.48. The van der Waals surface area contributed by atoms with Crippen molar-refractivity contribution in [1.82, 2.24) is 29.6 Å². The summed E-state index contributed by atoms with van der Waals surface area (Å²) in [7, 11) is 1.87. The van der Waals surface area contributed by atoms with E-state index < -0.39 is 5.60 Å². The van der Waals surface area contributed by atoms with Gasteiger partial charge in [-0.15, -0.1) is 5.10 Å². The van der Waals surface area contributed by atoms with Crippen LogP contribution in [0.25, 0.3) is 27.7 Å². The second-order valence-electron chi connectivity index (χ2n) is 8.72. The normalized spacial score (nSPS) is 13.4. The molecule has 0 saturated heterocycles. The fourth-order valence-electron chi connectivity index (χ4n) is 4.73. The number of halogens is 1. The molecule has 0 aliphatic heterocycles. The first kappa shape index (κ1) is 21.5. The van der Waals surface area contributed by atoms with Gasteiger partial charge in [-0.05, 0) is 69.9 Å². The Labute approximate surface area is 206 Å². The lowest BCUT2D eigenvalue weighted by Gasteiger charge is -2.30. The minimum absolute atomic E-state index is 0.599. The summed E-state index contributed by atoms with van der Waals surface area (Å²) in [6.45, 7) is 2.07. The van der Waals surface area contributed by atoms with E-state index in [1.54, 1.807) is 29.2 Å². The average Bonchev–Trinajstić information content (AvgIpc) is 3.52. The molecule has 6 aromatic rings. The number of fused-ring (bicyclic) bond motifs is 3. The van der Waals surface area contributed by atoms with E-state index in [-0.39, 0.29) is 0 Å². The van der Waals surface area contributed by atoms with Gasteiger partial charge in [-0.1, -0.05) is 59.6 Å². The fraction of sp³-hybridized carbons (Fsp3) is 0.111. The number of rotatable bonds is 4. The highest BCUT2D eigenvalue weighted by atomic mass is 35.5. The largest absolute Gasteiger partial charge is 0.374 e. The minimum Gasteiger partial charge on any atom is -0.374 e. The van der Waals surface area contributed by atoms with Gasteiger partial charge in [0.2, 0.25) is 0 Å². The number of pyridine rings is 1. The van der Waals surface area contributed by atoms with E-state index in [1.807, 2.05) is 54.1 Å². The Kier molecular flexibility index (Phi) is 4.91. The maximum absolute atomic E-state index is 12.4. The van der Waals surface area contributed by atoms with E-state index in [0.717, 1.165) is 27.6 Å². The maximum atomic E-state index is 12.4. The summed E-state index contributed by atoms with van der Waals surface area (Å²) in [5.41, 5.74) is 5.23. The summed E-state index contributed by atoms with van der Waals surface area (Å²) in [5.74, 6) is 0. The van der Waals surface area contributed by atoms with Gasteiger partial charge in [0.25, 0.3) is 0 Å². The molecular weight excluding hydrogens is 460 g/mol. The highest BCUT2D eigenvalue weighted by Gasteiger charge is 2.37. The second-order valence-corrected chi connectivity index (χ2v) is 9.15. The number of aromatic nitrogens is 6. The summed E-state index contributed by atoms with van der Waals surface area (Å²) in [5, 5.41) is 26.1. The molecule has 0 aliphatic rings. The number of aryl methyl sites for hydroxylation is 2. The Bertz CT molecular complexity index is 1700. The molecule has 0 aliphatic carbocycles. The molecule has 0 saturated carbocycles. The van der Waals surface area contributed by atoms with Crippen molar-refractivity contribution in [2.75, 3.05) is 0 Å². The van der Waals surface area contributed by atoms with Crippen LogP contribution < -0.4 is 0 Å². The van der Waals surface area contributed by atoms with Gasteiger partial charge >= 0.3 is 0 Å². The van der Waals surface area contributed by atoms with Crippen molar-refractivity contribution in [2.24, 2.45) is 7.05 Å². The molecule has 0 radical (unpaired) electrons. The highest BCUT2D eigenvalue weighted by molar-refractivity contribution is 6.30. The van der Waals surface area contributed by atoms with Gasteiger partial charge in [-0.25, -0.2) is 4.98 Å². The number of tetrazole rings is 1. The first-order valence-electron chi connectivity index (χ1n) is 11.1. The molecule has 0 bridgehead atoms. The molecule has 6 rings (SSSR count). The summed E-state index contributed by atoms with van der Waals surface area (Å²) >= 11 is 6.17. The number of nitrogens with zero attached hydrogens (tertiary/aromatic N) is 6. The first-order chi connectivity index (χ1) is 16.9. The first-order valence-corrected chi connectivity index (χ1v) is 11.5. The quantitative estimate of drug-likeness (QED) is 0.387. The van der Waals surface area contributed by atoms with Crippen LogP contribution in [0.4, 0.5) is 0 Å². The summed E-state index contributed by atoms with van der Waals surface area (Å²) in [6.07, 6.45) is 3.37. The fourth-order valence-corrected chi connectivity index (χ4v) is 4.86. The summed E-state index contributed by atoms with van der Waals surface area (Å²) in [4.78, 5) is 4.27. The van der Waals surface area contributed by atoms with Gasteiger partial charge < -0.3 is 9.67 Å². The van der Waals surface area contributed by atoms with Crippen molar-refractivity contribution in [2.45, 2.75) is 12.5 Å². The van der Waals surface area contributed by atoms with Crippen molar-refractivity contribution in [3.63, 3.8) is 0 Å². The van der Waals surface area contributed by atoms with Gasteiger partial charge in [0, 0.05) is 17.5 Å². The molecule has 0 fully saturated rings. The predicted octanol–water partition coefficient (Wildman–Crippen LogP) is 4.92. The Hall–Kier alpha value is -4.07. The van der Waals surface area contributed by atoms with Crippen molar-refractivity contribution in [3.05, 3.63) is 113 Å². The molecule has 35 heavy (non-hydrogen) atoms. The molecule has 0 amide bonds. The smallest absolute Gasteiger partial charge is 0.180 e. The van der Waals surface area contributed by atoms with Crippen LogP contribution in [-0.2, 0) is 12.6 Å². The zero-order valence-electron chi connectivity index (χ0n) is 19.1. The zero-order chi connectivity index (χ0) is 24.2. The van der Waals surface area contributed by atoms with Gasteiger partial charge in [-0.2, -0.15) is 4.52 Å². The average molecular weight is 481 g/mol. The third-order valence-corrected chi connectivity index (χ3v) is 6.73. The molecule has 3 aromatic heterocycles. The Balaban J connectivity index is 1.68. The van der Waals surface area contributed by atoms with Crippen LogP contribution in [0, 0.1) is 6.92 Å². The Morgan fingerprint density at radius 2 is 1.74 bits per heavy atom. The van der Waals surface area contributed by atoms with E-state index in [4.69, 9.17) is 11.6 Å².